The molecule has 0 spiro atoms. The van der Waals surface area contributed by atoms with Crippen LogP contribution in [0.25, 0.3) is 0 Å². The fourth-order valence-electron chi connectivity index (χ4n) is 0.309. The zero-order valence-electron chi connectivity index (χ0n) is 6.42. The lowest BCUT2D eigenvalue weighted by molar-refractivity contribution is -0.144. The van der Waals surface area contributed by atoms with Gasteiger partial charge in [0.05, 0.1) is 5.41 Å². The van der Waals surface area contributed by atoms with E-state index >= 15 is 0 Å². The first-order valence-electron chi connectivity index (χ1n) is 2.94. The Morgan fingerprint density at radius 3 is 2.40 bits per heavy atom. The van der Waals surface area contributed by atoms with Crippen LogP contribution < -0.4 is 0 Å². The van der Waals surface area contributed by atoms with E-state index in [2.05, 4.69) is 0 Å². The van der Waals surface area contributed by atoms with Crippen LogP contribution >= 0.6 is 11.8 Å². The lowest BCUT2D eigenvalue weighted by Crippen LogP contribution is -2.20. The third-order valence-corrected chi connectivity index (χ3v) is 1.58. The lowest BCUT2D eigenvalue weighted by Gasteiger charge is -2.12. The number of rotatable bonds is 3. The molecule has 0 saturated carbocycles. The quantitative estimate of drug-likeness (QED) is 0.686. The zero-order valence-corrected chi connectivity index (χ0v) is 7.23. The Labute approximate surface area is 65.3 Å². The van der Waals surface area contributed by atoms with E-state index < -0.39 is 11.4 Å². The Morgan fingerprint density at radius 2 is 2.10 bits per heavy atom. The van der Waals surface area contributed by atoms with Crippen LogP contribution in [0.5, 0.6) is 0 Å². The lowest BCUT2D eigenvalue weighted by atomic mass is 9.95. The first-order valence-corrected chi connectivity index (χ1v) is 4.23. The van der Waals surface area contributed by atoms with Gasteiger partial charge in [0, 0.05) is 0 Å². The molecule has 0 aromatic rings. The summed E-state index contributed by atoms with van der Waals surface area (Å²) in [5, 5.41) is 10.4. The average Bonchev–Trinajstić information content (AvgIpc) is 1.84. The fraction of sp³-hybridized carbons (Fsp3) is 0.571. The number of carboxylic acid groups (broad SMARTS) is 1. The van der Waals surface area contributed by atoms with Crippen molar-refractivity contribution in [3.05, 3.63) is 11.5 Å². The van der Waals surface area contributed by atoms with Crippen molar-refractivity contribution >= 4 is 17.7 Å². The van der Waals surface area contributed by atoms with Gasteiger partial charge in [0.2, 0.25) is 0 Å². The van der Waals surface area contributed by atoms with Gasteiger partial charge < -0.3 is 5.11 Å². The second-order valence-electron chi connectivity index (χ2n) is 2.57. The molecule has 2 nitrogen and oxygen atoms in total. The minimum absolute atomic E-state index is 0.733. The Balaban J connectivity index is 4.12. The van der Waals surface area contributed by atoms with Crippen LogP contribution in [0.3, 0.4) is 0 Å². The van der Waals surface area contributed by atoms with E-state index in [9.17, 15) is 4.79 Å². The van der Waals surface area contributed by atoms with Gasteiger partial charge in [0.25, 0.3) is 0 Å². The van der Waals surface area contributed by atoms with Crippen molar-refractivity contribution in [1.82, 2.24) is 0 Å². The molecule has 0 aliphatic rings. The van der Waals surface area contributed by atoms with Crippen LogP contribution in [0.1, 0.15) is 13.8 Å². The molecular weight excluding hydrogens is 148 g/mol. The predicted octanol–water partition coefficient (Wildman–Crippen LogP) is 1.97. The third-order valence-electron chi connectivity index (χ3n) is 1.17. The molecule has 58 valence electrons. The highest BCUT2D eigenvalue weighted by molar-refractivity contribution is 8.01. The molecule has 0 atom stereocenters. The van der Waals surface area contributed by atoms with E-state index in [0.717, 1.165) is 0 Å². The molecule has 0 unspecified atom stereocenters. The van der Waals surface area contributed by atoms with Crippen LogP contribution in [0.2, 0.25) is 0 Å². The molecule has 0 saturated heterocycles. The average molecular weight is 160 g/mol. The van der Waals surface area contributed by atoms with Crippen LogP contribution in [0, 0.1) is 5.41 Å². The van der Waals surface area contributed by atoms with Crippen molar-refractivity contribution in [2.24, 2.45) is 5.41 Å². The number of aliphatic carboxylic acids is 1. The molecule has 0 fully saturated rings. The highest BCUT2D eigenvalue weighted by Crippen LogP contribution is 2.18. The molecule has 0 amide bonds. The molecule has 0 radical (unpaired) electrons. The second-order valence-corrected chi connectivity index (χ2v) is 3.31. The number of carbonyl (C=O) groups is 1. The van der Waals surface area contributed by atoms with E-state index in [4.69, 9.17) is 5.11 Å². The molecule has 3 heteroatoms. The van der Waals surface area contributed by atoms with Gasteiger partial charge >= 0.3 is 5.97 Å². The van der Waals surface area contributed by atoms with Gasteiger partial charge in [-0.25, -0.2) is 0 Å². The highest BCUT2D eigenvalue weighted by Gasteiger charge is 2.22. The first kappa shape index (κ1) is 9.56. The summed E-state index contributed by atoms with van der Waals surface area (Å²) in [6, 6.07) is 0. The summed E-state index contributed by atoms with van der Waals surface area (Å²) in [6.07, 6.45) is 3.58. The Morgan fingerprint density at radius 1 is 1.60 bits per heavy atom. The fourth-order valence-corrected chi connectivity index (χ4v) is 0.786. The molecular formula is C7H12O2S. The molecule has 0 aliphatic carbocycles. The van der Waals surface area contributed by atoms with Gasteiger partial charge in [-0.2, -0.15) is 0 Å². The molecule has 0 aromatic heterocycles. The van der Waals surface area contributed by atoms with Gasteiger partial charge in [-0.3, -0.25) is 4.79 Å². The maximum atomic E-state index is 10.5. The summed E-state index contributed by atoms with van der Waals surface area (Å²) in [5.41, 5.74) is -0.733. The summed E-state index contributed by atoms with van der Waals surface area (Å²) < 4.78 is 0. The summed E-state index contributed by atoms with van der Waals surface area (Å²) in [7, 11) is 0. The number of hydrogen-bond acceptors (Lipinski definition) is 2. The molecule has 0 rings (SSSR count). The van der Waals surface area contributed by atoms with Crippen LogP contribution in [-0.4, -0.2) is 17.3 Å². The minimum Gasteiger partial charge on any atom is -0.481 e. The first-order chi connectivity index (χ1) is 4.50. The topological polar surface area (TPSA) is 37.3 Å². The molecule has 1 N–H and O–H groups in total. The number of carboxylic acids is 1. The summed E-state index contributed by atoms with van der Waals surface area (Å²) in [6.45, 7) is 3.34. The molecule has 0 bridgehead atoms. The third kappa shape index (κ3) is 2.92. The van der Waals surface area contributed by atoms with Gasteiger partial charge in [-0.1, -0.05) is 6.08 Å². The zero-order chi connectivity index (χ0) is 8.20. The standard InChI is InChI=1S/C7H12O2S/c1-7(2,6(8)9)4-5-10-3/h4-5H,1-3H3,(H,8,9). The van der Waals surface area contributed by atoms with Crippen molar-refractivity contribution in [3.63, 3.8) is 0 Å². The maximum absolute atomic E-state index is 10.5. The monoisotopic (exact) mass is 160 g/mol. The summed E-state index contributed by atoms with van der Waals surface area (Å²) >= 11 is 1.50. The van der Waals surface area contributed by atoms with Crippen LogP contribution in [0.15, 0.2) is 11.5 Å². The van der Waals surface area contributed by atoms with Crippen molar-refractivity contribution in [2.75, 3.05) is 6.26 Å². The normalized spacial score (nSPS) is 12.3. The van der Waals surface area contributed by atoms with Crippen LogP contribution in [-0.2, 0) is 4.79 Å². The second kappa shape index (κ2) is 3.66. The molecule has 10 heavy (non-hydrogen) atoms. The van der Waals surface area contributed by atoms with E-state index in [1.807, 2.05) is 6.26 Å². The molecule has 0 aliphatic heterocycles. The van der Waals surface area contributed by atoms with E-state index in [-0.39, 0.29) is 0 Å². The van der Waals surface area contributed by atoms with Crippen molar-refractivity contribution in [3.8, 4) is 0 Å². The number of hydrogen-bond donors (Lipinski definition) is 1. The number of thioether (sulfide) groups is 1. The molecule has 0 aromatic carbocycles. The van der Waals surface area contributed by atoms with Gasteiger partial charge in [0.1, 0.15) is 0 Å². The van der Waals surface area contributed by atoms with Gasteiger partial charge in [-0.05, 0) is 25.5 Å². The Hall–Kier alpha value is -0.440. The van der Waals surface area contributed by atoms with E-state index in [1.165, 1.54) is 11.8 Å². The largest absolute Gasteiger partial charge is 0.481 e. The van der Waals surface area contributed by atoms with Crippen molar-refractivity contribution in [1.29, 1.82) is 0 Å². The molecule has 0 heterocycles. The summed E-state index contributed by atoms with van der Waals surface area (Å²) in [5.74, 6) is -0.794. The maximum Gasteiger partial charge on any atom is 0.312 e. The van der Waals surface area contributed by atoms with Gasteiger partial charge in [-0.15, -0.1) is 11.8 Å². The highest BCUT2D eigenvalue weighted by atomic mass is 32.2. The minimum atomic E-state index is -0.794. The van der Waals surface area contributed by atoms with Crippen molar-refractivity contribution < 1.29 is 9.90 Å². The summed E-state index contributed by atoms with van der Waals surface area (Å²) in [4.78, 5) is 10.5. The smallest absolute Gasteiger partial charge is 0.312 e. The Bertz CT molecular complexity index is 150. The SMILES string of the molecule is CSC=CC(C)(C)C(=O)O. The van der Waals surface area contributed by atoms with Gasteiger partial charge in [0.15, 0.2) is 0 Å². The van der Waals surface area contributed by atoms with E-state index in [0.29, 0.717) is 0 Å². The Kier molecular flexibility index (Phi) is 3.50. The predicted molar refractivity (Wildman–Crippen MR) is 44.1 cm³/mol. The van der Waals surface area contributed by atoms with E-state index in [1.54, 1.807) is 25.3 Å². The van der Waals surface area contributed by atoms with Crippen LogP contribution in [0.4, 0.5) is 0 Å². The van der Waals surface area contributed by atoms with Crippen molar-refractivity contribution in [2.45, 2.75) is 13.8 Å².